The van der Waals surface area contributed by atoms with Crippen molar-refractivity contribution >= 4 is 11.9 Å². The fourth-order valence-electron chi connectivity index (χ4n) is 3.41. The quantitative estimate of drug-likeness (QED) is 0.483. The number of halogens is 6. The van der Waals surface area contributed by atoms with Gasteiger partial charge in [0.25, 0.3) is 11.6 Å². The van der Waals surface area contributed by atoms with Crippen molar-refractivity contribution in [2.75, 3.05) is 13.2 Å². The van der Waals surface area contributed by atoms with Gasteiger partial charge < -0.3 is 24.4 Å². The molecule has 1 heterocycles. The summed E-state index contributed by atoms with van der Waals surface area (Å²) in [5, 5.41) is 20.3. The number of esters is 2. The molecule has 0 amide bonds. The molecular weight excluding hydrogens is 418 g/mol. The van der Waals surface area contributed by atoms with Crippen LogP contribution in [-0.4, -0.2) is 59.3 Å². The van der Waals surface area contributed by atoms with Crippen molar-refractivity contribution in [1.82, 2.24) is 0 Å². The number of carbonyl (C=O) groups is 2. The van der Waals surface area contributed by atoms with E-state index in [-0.39, 0.29) is 6.42 Å². The van der Waals surface area contributed by atoms with Crippen LogP contribution in [0.2, 0.25) is 0 Å². The molecule has 0 spiro atoms. The molecule has 0 bridgehead atoms. The fraction of sp³-hybridized carbons (Fsp3) is 0.875. The van der Waals surface area contributed by atoms with E-state index in [1.807, 2.05) is 0 Å². The van der Waals surface area contributed by atoms with Crippen molar-refractivity contribution in [3.8, 4) is 0 Å². The molecule has 7 nitrogen and oxygen atoms in total. The van der Waals surface area contributed by atoms with E-state index in [2.05, 4.69) is 14.2 Å². The average Bonchev–Trinajstić information content (AvgIpc) is 2.53. The first-order valence-corrected chi connectivity index (χ1v) is 8.73. The van der Waals surface area contributed by atoms with Crippen molar-refractivity contribution < 1.29 is 60.4 Å². The fourth-order valence-corrected chi connectivity index (χ4v) is 3.41. The third kappa shape index (κ3) is 4.45. The summed E-state index contributed by atoms with van der Waals surface area (Å²) in [6.45, 7) is 2.88. The van der Waals surface area contributed by atoms with Crippen LogP contribution in [-0.2, 0) is 23.8 Å². The molecular formula is C16H22F6O7. The van der Waals surface area contributed by atoms with Crippen LogP contribution in [0.3, 0.4) is 0 Å². The Morgan fingerprint density at radius 3 is 1.45 bits per heavy atom. The number of rotatable bonds is 6. The smallest absolute Gasteiger partial charge is 0.444 e. The Balaban J connectivity index is 3.82. The van der Waals surface area contributed by atoms with Crippen LogP contribution in [0.15, 0.2) is 0 Å². The van der Waals surface area contributed by atoms with Crippen LogP contribution in [0.5, 0.6) is 0 Å². The number of carbonyl (C=O) groups excluding carboxylic acids is 2. The van der Waals surface area contributed by atoms with E-state index in [1.165, 1.54) is 20.8 Å². The Kier molecular flexibility index (Phi) is 7.58. The molecule has 170 valence electrons. The first kappa shape index (κ1) is 25.4. The van der Waals surface area contributed by atoms with Crippen LogP contribution < -0.4 is 0 Å². The van der Waals surface area contributed by atoms with Crippen LogP contribution in [0.25, 0.3) is 0 Å². The van der Waals surface area contributed by atoms with E-state index in [9.17, 15) is 46.1 Å². The number of ether oxygens (including phenoxy) is 3. The summed E-state index contributed by atoms with van der Waals surface area (Å²) < 4.78 is 94.5. The van der Waals surface area contributed by atoms with E-state index < -0.39 is 73.3 Å². The third-order valence-corrected chi connectivity index (χ3v) is 4.53. The Hall–Kier alpha value is -1.60. The lowest BCUT2D eigenvalue weighted by Crippen LogP contribution is -2.74. The maximum absolute atomic E-state index is 13.6. The Morgan fingerprint density at radius 2 is 1.21 bits per heavy atom. The average molecular weight is 440 g/mol. The Morgan fingerprint density at radius 1 is 0.862 bits per heavy atom. The number of aliphatic hydroxyl groups is 2. The first-order chi connectivity index (χ1) is 13.1. The second-order valence-electron chi connectivity index (χ2n) is 6.40. The minimum absolute atomic E-state index is 0.0989. The summed E-state index contributed by atoms with van der Waals surface area (Å²) in [6, 6.07) is 0. The normalized spacial score (nSPS) is 33.3. The van der Waals surface area contributed by atoms with Gasteiger partial charge in [0.1, 0.15) is 11.8 Å². The van der Waals surface area contributed by atoms with Crippen molar-refractivity contribution in [2.45, 2.75) is 57.5 Å². The molecule has 0 aromatic heterocycles. The van der Waals surface area contributed by atoms with Gasteiger partial charge in [0, 0.05) is 0 Å². The van der Waals surface area contributed by atoms with Gasteiger partial charge in [-0.3, -0.25) is 9.59 Å². The predicted octanol–water partition coefficient (Wildman–Crippen LogP) is 2.29. The molecule has 4 atom stereocenters. The van der Waals surface area contributed by atoms with Gasteiger partial charge in [-0.2, -0.15) is 26.3 Å². The summed E-state index contributed by atoms with van der Waals surface area (Å²) in [6.07, 6.45) is -12.6. The molecule has 29 heavy (non-hydrogen) atoms. The summed E-state index contributed by atoms with van der Waals surface area (Å²) in [7, 11) is 0. The molecule has 1 aliphatic heterocycles. The molecule has 0 saturated carbocycles. The van der Waals surface area contributed by atoms with Gasteiger partial charge in [0.15, 0.2) is 0 Å². The molecule has 0 radical (unpaired) electrons. The molecule has 1 rings (SSSR count). The Labute approximate surface area is 161 Å². The lowest BCUT2D eigenvalue weighted by molar-refractivity contribution is -0.511. The van der Waals surface area contributed by atoms with Crippen molar-refractivity contribution in [3.05, 3.63) is 0 Å². The highest BCUT2D eigenvalue weighted by molar-refractivity contribution is 5.79. The maximum atomic E-state index is 13.6. The van der Waals surface area contributed by atoms with E-state index in [1.54, 1.807) is 0 Å². The van der Waals surface area contributed by atoms with E-state index in [4.69, 9.17) is 0 Å². The highest BCUT2D eigenvalue weighted by Gasteiger charge is 2.79. The van der Waals surface area contributed by atoms with Crippen molar-refractivity contribution in [3.63, 3.8) is 0 Å². The SMILES string of the molecule is CCCC1C(C(=O)OCC)C(O)(C(F)(F)F)OC(O)(C(F)(F)F)C1C(=O)OCC. The zero-order valence-electron chi connectivity index (χ0n) is 15.8. The molecule has 0 aromatic rings. The second-order valence-corrected chi connectivity index (χ2v) is 6.40. The molecule has 13 heteroatoms. The van der Waals surface area contributed by atoms with Gasteiger partial charge in [-0.1, -0.05) is 13.3 Å². The first-order valence-electron chi connectivity index (χ1n) is 8.73. The highest BCUT2D eigenvalue weighted by Crippen LogP contribution is 2.57. The minimum atomic E-state index is -5.95. The van der Waals surface area contributed by atoms with Crippen molar-refractivity contribution in [2.24, 2.45) is 17.8 Å². The van der Waals surface area contributed by atoms with Crippen LogP contribution in [0, 0.1) is 17.8 Å². The van der Waals surface area contributed by atoms with Crippen LogP contribution in [0.1, 0.15) is 33.6 Å². The Bertz CT molecular complexity index is 560. The van der Waals surface area contributed by atoms with Gasteiger partial charge in [0.05, 0.1) is 13.2 Å². The monoisotopic (exact) mass is 440 g/mol. The topological polar surface area (TPSA) is 102 Å². The summed E-state index contributed by atoms with van der Waals surface area (Å²) >= 11 is 0. The van der Waals surface area contributed by atoms with E-state index >= 15 is 0 Å². The summed E-state index contributed by atoms with van der Waals surface area (Å²) in [5.74, 6) is -20.7. The van der Waals surface area contributed by atoms with Gasteiger partial charge in [0.2, 0.25) is 0 Å². The molecule has 1 aliphatic rings. The molecule has 0 aromatic carbocycles. The van der Waals surface area contributed by atoms with Gasteiger partial charge >= 0.3 is 24.3 Å². The van der Waals surface area contributed by atoms with Gasteiger partial charge in [-0.25, -0.2) is 0 Å². The zero-order chi connectivity index (χ0) is 22.8. The number of hydrogen-bond acceptors (Lipinski definition) is 7. The predicted molar refractivity (Wildman–Crippen MR) is 81.7 cm³/mol. The molecule has 0 aliphatic carbocycles. The largest absolute Gasteiger partial charge is 0.466 e. The molecule has 1 fully saturated rings. The summed E-state index contributed by atoms with van der Waals surface area (Å²) in [5.41, 5.74) is 0. The van der Waals surface area contributed by atoms with Crippen molar-refractivity contribution in [1.29, 1.82) is 0 Å². The maximum Gasteiger partial charge on any atom is 0.444 e. The highest BCUT2D eigenvalue weighted by atomic mass is 19.4. The zero-order valence-corrected chi connectivity index (χ0v) is 15.8. The molecule has 1 saturated heterocycles. The van der Waals surface area contributed by atoms with Gasteiger partial charge in [-0.15, -0.1) is 0 Å². The second kappa shape index (κ2) is 8.64. The van der Waals surface area contributed by atoms with Crippen LogP contribution >= 0.6 is 0 Å². The summed E-state index contributed by atoms with van der Waals surface area (Å²) in [4.78, 5) is 24.5. The van der Waals surface area contributed by atoms with Gasteiger partial charge in [-0.05, 0) is 26.2 Å². The number of hydrogen-bond donors (Lipinski definition) is 2. The van der Waals surface area contributed by atoms with Crippen LogP contribution in [0.4, 0.5) is 26.3 Å². The molecule has 2 N–H and O–H groups in total. The number of alkyl halides is 6. The van der Waals surface area contributed by atoms with E-state index in [0.29, 0.717) is 0 Å². The molecule has 4 unspecified atom stereocenters. The van der Waals surface area contributed by atoms with E-state index in [0.717, 1.165) is 0 Å². The lowest BCUT2D eigenvalue weighted by atomic mass is 9.68. The lowest BCUT2D eigenvalue weighted by Gasteiger charge is -2.53. The third-order valence-electron chi connectivity index (χ3n) is 4.53. The minimum Gasteiger partial charge on any atom is -0.466 e. The standard InChI is InChI=1S/C16H22F6O7/c1-4-7-8-9(11(23)27-5-2)13(25,15(17,18)19)29-14(26,16(20,21)22)10(8)12(24)28-6-3/h8-10,25-26H,4-7H2,1-3H3.